The van der Waals surface area contributed by atoms with Crippen molar-refractivity contribution >= 4 is 5.91 Å². The fourth-order valence-electron chi connectivity index (χ4n) is 3.90. The van der Waals surface area contributed by atoms with Gasteiger partial charge in [-0.15, -0.1) is 0 Å². The van der Waals surface area contributed by atoms with Crippen molar-refractivity contribution in [2.75, 3.05) is 26.3 Å². The molecule has 1 saturated heterocycles. The summed E-state index contributed by atoms with van der Waals surface area (Å²) in [7, 11) is 0. The maximum absolute atomic E-state index is 12.5. The van der Waals surface area contributed by atoms with Gasteiger partial charge in [-0.3, -0.25) is 4.79 Å². The molecule has 5 rings (SSSR count). The van der Waals surface area contributed by atoms with Gasteiger partial charge in [0.25, 0.3) is 5.91 Å². The van der Waals surface area contributed by atoms with E-state index in [4.69, 9.17) is 9.26 Å². The predicted molar refractivity (Wildman–Crippen MR) is 131 cm³/mol. The lowest BCUT2D eigenvalue weighted by atomic mass is 10.1. The topological polar surface area (TPSA) is 107 Å². The lowest BCUT2D eigenvalue weighted by Gasteiger charge is -2.26. The van der Waals surface area contributed by atoms with E-state index in [1.54, 1.807) is 42.5 Å². The second-order valence-corrected chi connectivity index (χ2v) is 8.44. The molecular weight excluding hydrogens is 458 g/mol. The average molecular weight is 484 g/mol. The maximum atomic E-state index is 12.5. The zero-order valence-electron chi connectivity index (χ0n) is 19.8. The number of hydrogen-bond acceptors (Lipinski definition) is 7. The van der Waals surface area contributed by atoms with Gasteiger partial charge in [-0.05, 0) is 43.3 Å². The molecule has 1 N–H and O–H groups in total. The Balaban J connectivity index is 1.22. The Morgan fingerprint density at radius 2 is 1.83 bits per heavy atom. The van der Waals surface area contributed by atoms with Crippen LogP contribution >= 0.6 is 0 Å². The number of carbonyl (C=O) groups excluding carboxylic acids is 1. The molecule has 9 nitrogen and oxygen atoms in total. The second-order valence-electron chi connectivity index (χ2n) is 8.44. The highest BCUT2D eigenvalue weighted by atomic mass is 16.5. The minimum atomic E-state index is -0.661. The third-order valence-corrected chi connectivity index (χ3v) is 5.81. The Labute approximate surface area is 208 Å². The lowest BCUT2D eigenvalue weighted by molar-refractivity contribution is 0.0299. The van der Waals surface area contributed by atoms with Gasteiger partial charge in [0.15, 0.2) is 5.76 Å². The molecule has 1 atom stereocenters. The molecule has 1 aliphatic rings. The van der Waals surface area contributed by atoms with Crippen molar-refractivity contribution < 1.29 is 19.2 Å². The SMILES string of the molecule is C[C@H](O)c1nccn1Cc1cc(-c2ccc(C#Cc3ccc(C(=O)N4CCOCC4)nc3)cc2)on1. The van der Waals surface area contributed by atoms with Gasteiger partial charge in [-0.1, -0.05) is 17.0 Å². The fourth-order valence-corrected chi connectivity index (χ4v) is 3.90. The van der Waals surface area contributed by atoms with Crippen molar-refractivity contribution in [2.24, 2.45) is 0 Å². The summed E-state index contributed by atoms with van der Waals surface area (Å²) >= 11 is 0. The summed E-state index contributed by atoms with van der Waals surface area (Å²) in [5.41, 5.74) is 3.60. The first-order chi connectivity index (χ1) is 17.6. The molecule has 4 aromatic rings. The van der Waals surface area contributed by atoms with Gasteiger partial charge in [0.05, 0.1) is 19.8 Å². The van der Waals surface area contributed by atoms with Crippen LogP contribution in [0.15, 0.2) is 65.6 Å². The number of hydrogen-bond donors (Lipinski definition) is 1. The lowest BCUT2D eigenvalue weighted by Crippen LogP contribution is -2.41. The molecule has 182 valence electrons. The summed E-state index contributed by atoms with van der Waals surface area (Å²) in [6.07, 6.45) is 4.41. The largest absolute Gasteiger partial charge is 0.385 e. The minimum absolute atomic E-state index is 0.0857. The average Bonchev–Trinajstić information content (AvgIpc) is 3.58. The number of amides is 1. The highest BCUT2D eigenvalue weighted by Crippen LogP contribution is 2.22. The Bertz CT molecular complexity index is 1390. The summed E-state index contributed by atoms with van der Waals surface area (Å²) in [5.74, 6) is 7.35. The highest BCUT2D eigenvalue weighted by Gasteiger charge is 2.19. The van der Waals surface area contributed by atoms with E-state index in [-0.39, 0.29) is 5.91 Å². The molecule has 0 radical (unpaired) electrons. The zero-order chi connectivity index (χ0) is 24.9. The van der Waals surface area contributed by atoms with Crippen LogP contribution in [0.2, 0.25) is 0 Å². The number of nitrogens with zero attached hydrogens (tertiary/aromatic N) is 5. The number of benzene rings is 1. The summed E-state index contributed by atoms with van der Waals surface area (Å²) in [6.45, 7) is 4.42. The third kappa shape index (κ3) is 5.35. The van der Waals surface area contributed by atoms with Crippen LogP contribution in [-0.2, 0) is 11.3 Å². The van der Waals surface area contributed by atoms with Crippen LogP contribution < -0.4 is 0 Å². The predicted octanol–water partition coefficient (Wildman–Crippen LogP) is 2.91. The number of aromatic nitrogens is 4. The summed E-state index contributed by atoms with van der Waals surface area (Å²) in [6, 6.07) is 13.1. The van der Waals surface area contributed by atoms with Crippen molar-refractivity contribution in [2.45, 2.75) is 19.6 Å². The number of morpholine rings is 1. The molecule has 0 saturated carbocycles. The summed E-state index contributed by atoms with van der Waals surface area (Å²) < 4.78 is 12.6. The van der Waals surface area contributed by atoms with Crippen LogP contribution in [0.4, 0.5) is 0 Å². The van der Waals surface area contributed by atoms with Crippen molar-refractivity contribution in [3.05, 3.63) is 89.4 Å². The molecule has 1 fully saturated rings. The van der Waals surface area contributed by atoms with Gasteiger partial charge in [0.1, 0.15) is 23.3 Å². The number of carbonyl (C=O) groups is 1. The van der Waals surface area contributed by atoms with E-state index in [2.05, 4.69) is 27.0 Å². The van der Waals surface area contributed by atoms with E-state index in [1.165, 1.54) is 0 Å². The molecule has 0 aliphatic carbocycles. The Morgan fingerprint density at radius 3 is 2.56 bits per heavy atom. The van der Waals surface area contributed by atoms with Gasteiger partial charge < -0.3 is 23.8 Å². The van der Waals surface area contributed by atoms with Gasteiger partial charge in [0, 0.05) is 54.4 Å². The van der Waals surface area contributed by atoms with Crippen molar-refractivity contribution in [3.63, 3.8) is 0 Å². The van der Waals surface area contributed by atoms with E-state index in [0.29, 0.717) is 50.1 Å². The smallest absolute Gasteiger partial charge is 0.272 e. The van der Waals surface area contributed by atoms with Crippen LogP contribution in [0.5, 0.6) is 0 Å². The first-order valence-corrected chi connectivity index (χ1v) is 11.7. The van der Waals surface area contributed by atoms with Crippen LogP contribution in [0.25, 0.3) is 11.3 Å². The molecular formula is C27H25N5O4. The van der Waals surface area contributed by atoms with Gasteiger partial charge in [-0.25, -0.2) is 9.97 Å². The van der Waals surface area contributed by atoms with E-state index < -0.39 is 6.10 Å². The number of imidazole rings is 1. The van der Waals surface area contributed by atoms with Gasteiger partial charge in [0.2, 0.25) is 0 Å². The Hall–Kier alpha value is -4.26. The van der Waals surface area contributed by atoms with Gasteiger partial charge in [-0.2, -0.15) is 0 Å². The van der Waals surface area contributed by atoms with Gasteiger partial charge >= 0.3 is 0 Å². The van der Waals surface area contributed by atoms with Crippen molar-refractivity contribution in [1.82, 2.24) is 24.6 Å². The first-order valence-electron chi connectivity index (χ1n) is 11.7. The third-order valence-electron chi connectivity index (χ3n) is 5.81. The minimum Gasteiger partial charge on any atom is -0.385 e. The van der Waals surface area contributed by atoms with E-state index >= 15 is 0 Å². The Kier molecular flexibility index (Phi) is 6.89. The van der Waals surface area contributed by atoms with E-state index in [9.17, 15) is 9.90 Å². The molecule has 9 heteroatoms. The molecule has 4 heterocycles. The van der Waals surface area contributed by atoms with Crippen LogP contribution in [0.3, 0.4) is 0 Å². The monoisotopic (exact) mass is 483 g/mol. The highest BCUT2D eigenvalue weighted by molar-refractivity contribution is 5.92. The molecule has 1 aliphatic heterocycles. The fraction of sp³-hybridized carbons (Fsp3) is 0.259. The second kappa shape index (κ2) is 10.6. The quantitative estimate of drug-likeness (QED) is 0.435. The standard InChI is InChI=1S/C27H25N5O4/c1-19(33)26-28-10-11-32(26)18-23-16-25(36-30-23)22-7-4-20(5-8-22)2-3-21-6-9-24(29-17-21)27(34)31-12-14-35-15-13-31/h4-11,16-17,19,33H,12-15,18H2,1H3/t19-/m0/s1. The van der Waals surface area contributed by atoms with E-state index in [0.717, 1.165) is 22.4 Å². The molecule has 0 spiro atoms. The number of ether oxygens (including phenoxy) is 1. The van der Waals surface area contributed by atoms with Crippen LogP contribution in [-0.4, -0.2) is 61.9 Å². The van der Waals surface area contributed by atoms with Crippen LogP contribution in [0, 0.1) is 11.8 Å². The molecule has 0 unspecified atom stereocenters. The van der Waals surface area contributed by atoms with Crippen LogP contribution in [0.1, 0.15) is 46.2 Å². The maximum Gasteiger partial charge on any atom is 0.272 e. The van der Waals surface area contributed by atoms with Crippen molar-refractivity contribution in [3.8, 4) is 23.2 Å². The Morgan fingerprint density at radius 1 is 1.08 bits per heavy atom. The summed E-state index contributed by atoms with van der Waals surface area (Å²) in [4.78, 5) is 22.7. The zero-order valence-corrected chi connectivity index (χ0v) is 19.8. The van der Waals surface area contributed by atoms with E-state index in [1.807, 2.05) is 34.9 Å². The summed E-state index contributed by atoms with van der Waals surface area (Å²) in [5, 5.41) is 14.0. The number of aliphatic hydroxyl groups excluding tert-OH is 1. The van der Waals surface area contributed by atoms with Crippen molar-refractivity contribution in [1.29, 1.82) is 0 Å². The first kappa shape index (κ1) is 23.5. The number of aliphatic hydroxyl groups is 1. The normalized spacial score (nSPS) is 14.2. The number of pyridine rings is 1. The molecule has 0 bridgehead atoms. The molecule has 1 aromatic carbocycles. The molecule has 3 aromatic heterocycles. The molecule has 36 heavy (non-hydrogen) atoms. The molecule has 1 amide bonds. The number of rotatable bonds is 5.